The largest absolute Gasteiger partial charge is 0.393 e. The Kier molecular flexibility index (Phi) is 6.92. The van der Waals surface area contributed by atoms with Gasteiger partial charge in [0.15, 0.2) is 0 Å². The Morgan fingerprint density at radius 1 is 1.25 bits per heavy atom. The lowest BCUT2D eigenvalue weighted by atomic mass is 10.2. The van der Waals surface area contributed by atoms with Crippen molar-refractivity contribution in [3.63, 3.8) is 0 Å². The lowest BCUT2D eigenvalue weighted by Gasteiger charge is -2.21. The summed E-state index contributed by atoms with van der Waals surface area (Å²) in [6, 6.07) is 0. The minimum atomic E-state index is 0.653. The van der Waals surface area contributed by atoms with Crippen molar-refractivity contribution in [1.29, 1.82) is 0 Å². The van der Waals surface area contributed by atoms with E-state index in [1.807, 2.05) is 0 Å². The molecular weight excluding hydrogens is 218 g/mol. The minimum absolute atomic E-state index is 0.653. The predicted octanol–water partition coefficient (Wildman–Crippen LogP) is 1.47. The number of rotatable bonds is 8. The molecule has 0 aromatic heterocycles. The molecule has 0 amide bonds. The first-order chi connectivity index (χ1) is 7.68. The fraction of sp³-hybridized carbons (Fsp3) is 0.917. The van der Waals surface area contributed by atoms with E-state index in [-0.39, 0.29) is 0 Å². The minimum Gasteiger partial charge on any atom is -0.393 e. The highest BCUT2D eigenvalue weighted by Crippen LogP contribution is 2.06. The molecule has 1 saturated heterocycles. The van der Waals surface area contributed by atoms with E-state index in [2.05, 4.69) is 16.8 Å². The zero-order valence-corrected chi connectivity index (χ0v) is 11.3. The van der Waals surface area contributed by atoms with Crippen LogP contribution < -0.4 is 5.73 Å². The first-order valence-electron chi connectivity index (χ1n) is 6.37. The van der Waals surface area contributed by atoms with Crippen LogP contribution in [0.3, 0.4) is 0 Å². The van der Waals surface area contributed by atoms with E-state index in [0.717, 1.165) is 19.4 Å². The van der Waals surface area contributed by atoms with Crippen LogP contribution in [0.1, 0.15) is 32.1 Å². The molecule has 1 aliphatic rings. The summed E-state index contributed by atoms with van der Waals surface area (Å²) < 4.78 is 0. The Morgan fingerprint density at radius 2 is 1.94 bits per heavy atom. The Balaban J connectivity index is 1.93. The number of nitrogens with zero attached hydrogens (tertiary/aromatic N) is 2. The van der Waals surface area contributed by atoms with Gasteiger partial charge in [-0.1, -0.05) is 12.2 Å². The molecule has 1 fully saturated rings. The molecule has 0 atom stereocenters. The van der Waals surface area contributed by atoms with Gasteiger partial charge in [0.25, 0.3) is 0 Å². The predicted molar refractivity (Wildman–Crippen MR) is 73.8 cm³/mol. The number of unbranched alkanes of at least 4 members (excludes halogenated alkanes) is 1. The normalized spacial score (nSPS) is 17.1. The van der Waals surface area contributed by atoms with Crippen LogP contribution in [0.15, 0.2) is 0 Å². The lowest BCUT2D eigenvalue weighted by Crippen LogP contribution is -2.32. The maximum Gasteiger partial charge on any atom is 0.0727 e. The highest BCUT2D eigenvalue weighted by molar-refractivity contribution is 7.80. The molecule has 16 heavy (non-hydrogen) atoms. The molecule has 1 heterocycles. The number of likely N-dealkylation sites (N-methyl/N-ethyl adjacent to an activating group) is 1. The number of likely N-dealkylation sites (tertiary alicyclic amines) is 1. The average Bonchev–Trinajstić information content (AvgIpc) is 2.74. The van der Waals surface area contributed by atoms with Crippen LogP contribution in [0.4, 0.5) is 0 Å². The lowest BCUT2D eigenvalue weighted by molar-refractivity contribution is 0.254. The molecule has 0 unspecified atom stereocenters. The molecule has 1 rings (SSSR count). The summed E-state index contributed by atoms with van der Waals surface area (Å²) in [6.45, 7) is 6.18. The van der Waals surface area contributed by atoms with Crippen molar-refractivity contribution >= 4 is 17.2 Å². The Bertz CT molecular complexity index is 202. The van der Waals surface area contributed by atoms with Crippen LogP contribution in [-0.2, 0) is 0 Å². The zero-order valence-electron chi connectivity index (χ0n) is 10.5. The van der Waals surface area contributed by atoms with Gasteiger partial charge in [-0.15, -0.1) is 0 Å². The van der Waals surface area contributed by atoms with E-state index in [4.69, 9.17) is 18.0 Å². The van der Waals surface area contributed by atoms with E-state index in [1.165, 1.54) is 45.4 Å². The van der Waals surface area contributed by atoms with Gasteiger partial charge >= 0.3 is 0 Å². The fourth-order valence-corrected chi connectivity index (χ4v) is 2.26. The van der Waals surface area contributed by atoms with Gasteiger partial charge in [-0.2, -0.15) is 0 Å². The summed E-state index contributed by atoms with van der Waals surface area (Å²) in [4.78, 5) is 5.63. The van der Waals surface area contributed by atoms with Gasteiger partial charge in [-0.25, -0.2) is 0 Å². The molecule has 2 N–H and O–H groups in total. The molecule has 0 aromatic carbocycles. The van der Waals surface area contributed by atoms with Crippen LogP contribution in [0, 0.1) is 0 Å². The van der Waals surface area contributed by atoms with Crippen molar-refractivity contribution in [2.75, 3.05) is 39.8 Å². The third-order valence-corrected chi connectivity index (χ3v) is 3.41. The molecule has 0 spiro atoms. The molecule has 0 radical (unpaired) electrons. The molecule has 0 saturated carbocycles. The fourth-order valence-electron chi connectivity index (χ4n) is 2.11. The first kappa shape index (κ1) is 13.9. The second kappa shape index (κ2) is 7.98. The first-order valence-corrected chi connectivity index (χ1v) is 6.78. The highest BCUT2D eigenvalue weighted by atomic mass is 32.1. The van der Waals surface area contributed by atoms with Crippen LogP contribution >= 0.6 is 12.2 Å². The molecule has 3 nitrogen and oxygen atoms in total. The highest BCUT2D eigenvalue weighted by Gasteiger charge is 2.11. The van der Waals surface area contributed by atoms with Crippen LogP contribution in [0.25, 0.3) is 0 Å². The maximum atomic E-state index is 5.46. The van der Waals surface area contributed by atoms with Crippen LogP contribution in [0.5, 0.6) is 0 Å². The summed E-state index contributed by atoms with van der Waals surface area (Å²) >= 11 is 4.86. The summed E-state index contributed by atoms with van der Waals surface area (Å²) in [6.07, 6.45) is 6.00. The van der Waals surface area contributed by atoms with Gasteiger partial charge in [0, 0.05) is 13.1 Å². The Morgan fingerprint density at radius 3 is 2.56 bits per heavy atom. The molecule has 1 aliphatic heterocycles. The number of thiocarbonyl (C=S) groups is 1. The Hall–Kier alpha value is -0.190. The summed E-state index contributed by atoms with van der Waals surface area (Å²) in [5.41, 5.74) is 5.46. The van der Waals surface area contributed by atoms with E-state index in [9.17, 15) is 0 Å². The second-order valence-corrected chi connectivity index (χ2v) is 5.30. The van der Waals surface area contributed by atoms with Crippen molar-refractivity contribution in [3.8, 4) is 0 Å². The second-order valence-electron chi connectivity index (χ2n) is 4.78. The van der Waals surface area contributed by atoms with Crippen molar-refractivity contribution < 1.29 is 0 Å². The monoisotopic (exact) mass is 243 g/mol. The number of hydrogen-bond donors (Lipinski definition) is 1. The van der Waals surface area contributed by atoms with Gasteiger partial charge in [0.05, 0.1) is 4.99 Å². The standard InChI is InChI=1S/C12H25N3S/c1-14(7-3-2-6-12(13)16)10-11-15-8-4-5-9-15/h2-11H2,1H3,(H2,13,16). The summed E-state index contributed by atoms with van der Waals surface area (Å²) in [5, 5.41) is 0. The van der Waals surface area contributed by atoms with Gasteiger partial charge in [0.2, 0.25) is 0 Å². The third kappa shape index (κ3) is 6.40. The quantitative estimate of drug-likeness (QED) is 0.517. The van der Waals surface area contributed by atoms with E-state index >= 15 is 0 Å². The van der Waals surface area contributed by atoms with Gasteiger partial charge in [-0.05, 0) is 58.8 Å². The van der Waals surface area contributed by atoms with Gasteiger partial charge in [-0.3, -0.25) is 0 Å². The number of hydrogen-bond acceptors (Lipinski definition) is 3. The van der Waals surface area contributed by atoms with Crippen molar-refractivity contribution in [1.82, 2.24) is 9.80 Å². The van der Waals surface area contributed by atoms with E-state index in [0.29, 0.717) is 4.99 Å². The van der Waals surface area contributed by atoms with Crippen molar-refractivity contribution in [3.05, 3.63) is 0 Å². The molecular formula is C12H25N3S. The summed E-state index contributed by atoms with van der Waals surface area (Å²) in [7, 11) is 2.21. The number of nitrogens with two attached hydrogens (primary N) is 1. The molecule has 4 heteroatoms. The topological polar surface area (TPSA) is 32.5 Å². The zero-order chi connectivity index (χ0) is 11.8. The van der Waals surface area contributed by atoms with E-state index < -0.39 is 0 Å². The van der Waals surface area contributed by atoms with Crippen molar-refractivity contribution in [2.24, 2.45) is 5.73 Å². The maximum absolute atomic E-state index is 5.46. The average molecular weight is 243 g/mol. The molecule has 0 bridgehead atoms. The smallest absolute Gasteiger partial charge is 0.0727 e. The van der Waals surface area contributed by atoms with E-state index in [1.54, 1.807) is 0 Å². The van der Waals surface area contributed by atoms with Crippen molar-refractivity contribution in [2.45, 2.75) is 32.1 Å². The van der Waals surface area contributed by atoms with Gasteiger partial charge in [0.1, 0.15) is 0 Å². The van der Waals surface area contributed by atoms with Crippen LogP contribution in [0.2, 0.25) is 0 Å². The Labute approximate surface area is 105 Å². The molecule has 0 aliphatic carbocycles. The third-order valence-electron chi connectivity index (χ3n) is 3.21. The summed E-state index contributed by atoms with van der Waals surface area (Å²) in [5.74, 6) is 0. The van der Waals surface area contributed by atoms with Crippen LogP contribution in [-0.4, -0.2) is 54.6 Å². The van der Waals surface area contributed by atoms with Gasteiger partial charge < -0.3 is 15.5 Å². The molecule has 94 valence electrons. The molecule has 0 aromatic rings. The SMILES string of the molecule is CN(CCCCC(N)=S)CCN1CCCC1.